The second kappa shape index (κ2) is 7.42. The number of ether oxygens (including phenoxy) is 1. The molecule has 1 atom stereocenters. The summed E-state index contributed by atoms with van der Waals surface area (Å²) in [5.74, 6) is -0.524. The summed E-state index contributed by atoms with van der Waals surface area (Å²) in [4.78, 5) is 12.0. The molecule has 0 amide bonds. The van der Waals surface area contributed by atoms with E-state index >= 15 is 0 Å². The first-order valence-electron chi connectivity index (χ1n) is 7.84. The number of methoxy groups -OCH3 is 1. The van der Waals surface area contributed by atoms with Gasteiger partial charge < -0.3 is 10.1 Å². The molecule has 1 N–H and O–H groups in total. The van der Waals surface area contributed by atoms with Crippen molar-refractivity contribution in [2.45, 2.75) is 37.6 Å². The van der Waals surface area contributed by atoms with Gasteiger partial charge in [0.05, 0.1) is 17.6 Å². The van der Waals surface area contributed by atoms with Crippen molar-refractivity contribution in [3.8, 4) is 0 Å². The molecule has 1 aliphatic rings. The molecule has 7 heteroatoms. The number of carbonyl (C=O) groups is 1. The molecule has 1 fully saturated rings. The molecule has 0 saturated carbocycles. The molecule has 0 bridgehead atoms. The molecule has 2 rings (SSSR count). The van der Waals surface area contributed by atoms with Crippen molar-refractivity contribution < 1.29 is 17.9 Å². The topological polar surface area (TPSA) is 75.7 Å². The highest BCUT2D eigenvalue weighted by Crippen LogP contribution is 2.26. The van der Waals surface area contributed by atoms with Crippen molar-refractivity contribution in [3.63, 3.8) is 0 Å². The van der Waals surface area contributed by atoms with E-state index in [1.165, 1.54) is 7.11 Å². The Morgan fingerprint density at radius 1 is 1.43 bits per heavy atom. The first-order chi connectivity index (χ1) is 10.9. The van der Waals surface area contributed by atoms with Gasteiger partial charge in [-0.25, -0.2) is 13.2 Å². The lowest BCUT2D eigenvalue weighted by Gasteiger charge is -2.28. The third kappa shape index (κ3) is 3.57. The lowest BCUT2D eigenvalue weighted by atomic mass is 10.1. The van der Waals surface area contributed by atoms with Gasteiger partial charge in [-0.05, 0) is 44.0 Å². The summed E-state index contributed by atoms with van der Waals surface area (Å²) in [6.45, 7) is 5.56. The molecule has 23 heavy (non-hydrogen) atoms. The number of hydrogen-bond acceptors (Lipinski definition) is 5. The summed E-state index contributed by atoms with van der Waals surface area (Å²) >= 11 is 0. The van der Waals surface area contributed by atoms with Gasteiger partial charge in [-0.2, -0.15) is 4.31 Å². The Balaban J connectivity index is 2.46. The number of rotatable bonds is 6. The predicted octanol–water partition coefficient (Wildman–Crippen LogP) is 1.54. The maximum absolute atomic E-state index is 13.1. The summed E-state index contributed by atoms with van der Waals surface area (Å²) in [5, 5.41) is 3.21. The molecule has 0 radical (unpaired) electrons. The Bertz CT molecular complexity index is 667. The normalized spacial score (nSPS) is 18.3. The average Bonchev–Trinajstić information content (AvgIpc) is 3.05. The zero-order valence-corrected chi connectivity index (χ0v) is 14.6. The molecule has 1 aromatic rings. The largest absolute Gasteiger partial charge is 0.465 e. The molecule has 1 heterocycles. The van der Waals surface area contributed by atoms with Crippen molar-refractivity contribution in [2.24, 2.45) is 0 Å². The Hall–Kier alpha value is -1.44. The van der Waals surface area contributed by atoms with E-state index in [1.54, 1.807) is 29.4 Å². The van der Waals surface area contributed by atoms with E-state index in [0.29, 0.717) is 18.7 Å². The highest BCUT2D eigenvalue weighted by atomic mass is 32.2. The van der Waals surface area contributed by atoms with Crippen LogP contribution in [0.2, 0.25) is 0 Å². The van der Waals surface area contributed by atoms with Crippen LogP contribution >= 0.6 is 0 Å². The molecule has 0 spiro atoms. The van der Waals surface area contributed by atoms with Gasteiger partial charge in [0.1, 0.15) is 0 Å². The van der Waals surface area contributed by atoms with Crippen LogP contribution < -0.4 is 5.32 Å². The maximum Gasteiger partial charge on any atom is 0.338 e. The molecule has 128 valence electrons. The number of nitrogens with one attached hydrogen (secondary N) is 1. The van der Waals surface area contributed by atoms with E-state index in [2.05, 4.69) is 5.32 Å². The smallest absolute Gasteiger partial charge is 0.338 e. The van der Waals surface area contributed by atoms with Crippen LogP contribution in [0.25, 0.3) is 0 Å². The zero-order chi connectivity index (χ0) is 17.0. The second-order valence-electron chi connectivity index (χ2n) is 5.68. The van der Waals surface area contributed by atoms with Crippen LogP contribution in [-0.2, 0) is 14.8 Å². The van der Waals surface area contributed by atoms with Gasteiger partial charge >= 0.3 is 5.97 Å². The van der Waals surface area contributed by atoms with E-state index < -0.39 is 16.0 Å². The van der Waals surface area contributed by atoms with E-state index in [-0.39, 0.29) is 16.5 Å². The zero-order valence-electron chi connectivity index (χ0n) is 13.8. The Morgan fingerprint density at radius 2 is 2.17 bits per heavy atom. The second-order valence-corrected chi connectivity index (χ2v) is 7.54. The van der Waals surface area contributed by atoms with Crippen LogP contribution in [0.4, 0.5) is 0 Å². The van der Waals surface area contributed by atoms with Crippen molar-refractivity contribution in [1.82, 2.24) is 9.62 Å². The van der Waals surface area contributed by atoms with Gasteiger partial charge in [-0.15, -0.1) is 0 Å². The first kappa shape index (κ1) is 17.9. The summed E-state index contributed by atoms with van der Waals surface area (Å²) in [5.41, 5.74) is 0.723. The maximum atomic E-state index is 13.1. The molecule has 1 aromatic carbocycles. The molecule has 1 saturated heterocycles. The molecule has 6 nitrogen and oxygen atoms in total. The Kier molecular flexibility index (Phi) is 5.78. The molecular weight excluding hydrogens is 316 g/mol. The van der Waals surface area contributed by atoms with Crippen LogP contribution in [0.15, 0.2) is 23.1 Å². The molecular formula is C16H24N2O4S. The quantitative estimate of drug-likeness (QED) is 0.795. The number of carbonyl (C=O) groups excluding carboxylic acids is 1. The number of esters is 1. The van der Waals surface area contributed by atoms with Crippen molar-refractivity contribution >= 4 is 16.0 Å². The molecule has 1 unspecified atom stereocenters. The fraction of sp³-hybridized carbons (Fsp3) is 0.562. The van der Waals surface area contributed by atoms with E-state index in [4.69, 9.17) is 4.74 Å². The van der Waals surface area contributed by atoms with Crippen LogP contribution in [0.5, 0.6) is 0 Å². The lowest BCUT2D eigenvalue weighted by molar-refractivity contribution is 0.0599. The van der Waals surface area contributed by atoms with Gasteiger partial charge in [-0.3, -0.25) is 0 Å². The van der Waals surface area contributed by atoms with Gasteiger partial charge in [0.2, 0.25) is 10.0 Å². The highest BCUT2D eigenvalue weighted by molar-refractivity contribution is 7.89. The summed E-state index contributed by atoms with van der Waals surface area (Å²) in [7, 11) is -2.37. The number of benzene rings is 1. The number of sulfonamides is 1. The summed E-state index contributed by atoms with van der Waals surface area (Å²) in [6, 6.07) is 4.69. The van der Waals surface area contributed by atoms with Crippen molar-refractivity contribution in [3.05, 3.63) is 29.3 Å². The third-order valence-corrected chi connectivity index (χ3v) is 6.26. The average molecular weight is 340 g/mol. The van der Waals surface area contributed by atoms with Crippen molar-refractivity contribution in [2.75, 3.05) is 26.7 Å². The fourth-order valence-electron chi connectivity index (χ4n) is 2.96. The molecule has 0 aliphatic carbocycles. The SMILES string of the molecule is CCCN(C1CCNC1)S(=O)(=O)c1cccc(C(=O)OC)c1C. The minimum absolute atomic E-state index is 0.0406. The van der Waals surface area contributed by atoms with Crippen LogP contribution in [-0.4, -0.2) is 51.5 Å². The van der Waals surface area contributed by atoms with Crippen molar-refractivity contribution in [1.29, 1.82) is 0 Å². The van der Waals surface area contributed by atoms with E-state index in [0.717, 1.165) is 19.4 Å². The predicted molar refractivity (Wildman–Crippen MR) is 88.0 cm³/mol. The lowest BCUT2D eigenvalue weighted by Crippen LogP contribution is -2.42. The summed E-state index contributed by atoms with van der Waals surface area (Å²) in [6.07, 6.45) is 1.54. The van der Waals surface area contributed by atoms with Crippen LogP contribution in [0, 0.1) is 6.92 Å². The monoisotopic (exact) mass is 340 g/mol. The van der Waals surface area contributed by atoms with Crippen LogP contribution in [0.3, 0.4) is 0 Å². The first-order valence-corrected chi connectivity index (χ1v) is 9.28. The summed E-state index contributed by atoms with van der Waals surface area (Å²) < 4.78 is 32.6. The van der Waals surface area contributed by atoms with Gasteiger partial charge in [0.15, 0.2) is 0 Å². The standard InChI is InChI=1S/C16H24N2O4S/c1-4-10-18(13-8-9-17-11-13)23(20,21)15-7-5-6-14(12(15)2)16(19)22-3/h5-7,13,17H,4,8-11H2,1-3H3. The fourth-order valence-corrected chi connectivity index (χ4v) is 4.95. The number of hydrogen-bond donors (Lipinski definition) is 1. The Labute approximate surface area is 137 Å². The van der Waals surface area contributed by atoms with Gasteiger partial charge in [0, 0.05) is 19.1 Å². The minimum atomic E-state index is -3.66. The Morgan fingerprint density at radius 3 is 2.74 bits per heavy atom. The third-order valence-electron chi connectivity index (χ3n) is 4.16. The molecule has 0 aromatic heterocycles. The highest BCUT2D eigenvalue weighted by Gasteiger charge is 2.34. The molecule has 1 aliphatic heterocycles. The van der Waals surface area contributed by atoms with Crippen LogP contribution in [0.1, 0.15) is 35.7 Å². The van der Waals surface area contributed by atoms with Gasteiger partial charge in [-0.1, -0.05) is 13.0 Å². The minimum Gasteiger partial charge on any atom is -0.465 e. The van der Waals surface area contributed by atoms with Gasteiger partial charge in [0.25, 0.3) is 0 Å². The van der Waals surface area contributed by atoms with E-state index in [1.807, 2.05) is 6.92 Å². The number of nitrogens with zero attached hydrogens (tertiary/aromatic N) is 1. The van der Waals surface area contributed by atoms with E-state index in [9.17, 15) is 13.2 Å².